The topological polar surface area (TPSA) is 72.5 Å². The van der Waals surface area contributed by atoms with Gasteiger partial charge < -0.3 is 10.1 Å². The molecule has 2 aromatic carbocycles. The molecule has 0 aliphatic heterocycles. The third-order valence-electron chi connectivity index (χ3n) is 3.22. The summed E-state index contributed by atoms with van der Waals surface area (Å²) in [5, 5.41) is 2.74. The van der Waals surface area contributed by atoms with Crippen LogP contribution in [0.1, 0.15) is 24.2 Å². The molecule has 0 radical (unpaired) electrons. The molecule has 0 heterocycles. The molecule has 128 valence electrons. The van der Waals surface area contributed by atoms with Crippen molar-refractivity contribution >= 4 is 21.4 Å². The Labute approximate surface area is 142 Å². The Morgan fingerprint density at radius 3 is 2.38 bits per heavy atom. The van der Waals surface area contributed by atoms with Crippen LogP contribution in [0.3, 0.4) is 0 Å². The fourth-order valence-electron chi connectivity index (χ4n) is 1.98. The molecule has 0 saturated carbocycles. The first-order valence-electron chi connectivity index (χ1n) is 7.60. The molecule has 24 heavy (non-hydrogen) atoms. The van der Waals surface area contributed by atoms with Crippen LogP contribution in [0.2, 0.25) is 0 Å². The first-order valence-corrected chi connectivity index (χ1v) is 9.49. The smallest absolute Gasteiger partial charge is 0.255 e. The van der Waals surface area contributed by atoms with Crippen molar-refractivity contribution in [3.8, 4) is 5.75 Å². The average Bonchev–Trinajstić information content (AvgIpc) is 2.53. The number of anilines is 1. The van der Waals surface area contributed by atoms with Gasteiger partial charge in [0.05, 0.1) is 11.5 Å². The average molecular weight is 347 g/mol. The zero-order chi connectivity index (χ0) is 17.7. The number of hydrogen-bond acceptors (Lipinski definition) is 4. The Kier molecular flexibility index (Phi) is 5.62. The molecule has 0 aromatic heterocycles. The molecular weight excluding hydrogens is 326 g/mol. The number of ether oxygens (including phenoxy) is 1. The SMILES string of the molecule is CC(C)COc1cccc(C(=O)Nc2ccc(S(C)(=O)=O)cc2)c1. The summed E-state index contributed by atoms with van der Waals surface area (Å²) >= 11 is 0. The van der Waals surface area contributed by atoms with Crippen molar-refractivity contribution in [2.75, 3.05) is 18.2 Å². The van der Waals surface area contributed by atoms with E-state index in [9.17, 15) is 13.2 Å². The Hall–Kier alpha value is -2.34. The van der Waals surface area contributed by atoms with E-state index < -0.39 is 9.84 Å². The van der Waals surface area contributed by atoms with Crippen molar-refractivity contribution in [2.24, 2.45) is 5.92 Å². The van der Waals surface area contributed by atoms with E-state index >= 15 is 0 Å². The largest absolute Gasteiger partial charge is 0.493 e. The zero-order valence-electron chi connectivity index (χ0n) is 13.9. The van der Waals surface area contributed by atoms with Crippen LogP contribution in [0.25, 0.3) is 0 Å². The predicted molar refractivity (Wildman–Crippen MR) is 94.3 cm³/mol. The van der Waals surface area contributed by atoms with Gasteiger partial charge in [-0.25, -0.2) is 8.42 Å². The molecule has 5 nitrogen and oxygen atoms in total. The Morgan fingerprint density at radius 1 is 1.12 bits per heavy atom. The van der Waals surface area contributed by atoms with Crippen LogP contribution in [0, 0.1) is 5.92 Å². The fraction of sp³-hybridized carbons (Fsp3) is 0.278. The summed E-state index contributed by atoms with van der Waals surface area (Å²) in [6.07, 6.45) is 1.14. The van der Waals surface area contributed by atoms with Gasteiger partial charge in [-0.1, -0.05) is 19.9 Å². The highest BCUT2D eigenvalue weighted by Crippen LogP contribution is 2.17. The van der Waals surface area contributed by atoms with Crippen LogP contribution < -0.4 is 10.1 Å². The van der Waals surface area contributed by atoms with Crippen LogP contribution in [0.4, 0.5) is 5.69 Å². The van der Waals surface area contributed by atoms with Gasteiger partial charge in [0.1, 0.15) is 5.75 Å². The fourth-order valence-corrected chi connectivity index (χ4v) is 2.61. The van der Waals surface area contributed by atoms with Crippen LogP contribution in [-0.4, -0.2) is 27.2 Å². The second-order valence-corrected chi connectivity index (χ2v) is 8.00. The highest BCUT2D eigenvalue weighted by molar-refractivity contribution is 7.90. The van der Waals surface area contributed by atoms with Gasteiger partial charge in [0.15, 0.2) is 9.84 Å². The zero-order valence-corrected chi connectivity index (χ0v) is 14.8. The van der Waals surface area contributed by atoms with Crippen LogP contribution in [0.5, 0.6) is 5.75 Å². The van der Waals surface area contributed by atoms with Crippen molar-refractivity contribution in [1.29, 1.82) is 0 Å². The first-order chi connectivity index (χ1) is 11.3. The van der Waals surface area contributed by atoms with Crippen LogP contribution in [-0.2, 0) is 9.84 Å². The van der Waals surface area contributed by atoms with Gasteiger partial charge in [0.25, 0.3) is 5.91 Å². The third-order valence-corrected chi connectivity index (χ3v) is 4.35. The number of benzene rings is 2. The summed E-state index contributed by atoms with van der Waals surface area (Å²) < 4.78 is 28.5. The number of carbonyl (C=O) groups excluding carboxylic acids is 1. The normalized spacial score (nSPS) is 11.3. The van der Waals surface area contributed by atoms with Crippen molar-refractivity contribution in [3.63, 3.8) is 0 Å². The number of hydrogen-bond donors (Lipinski definition) is 1. The maximum Gasteiger partial charge on any atom is 0.255 e. The lowest BCUT2D eigenvalue weighted by molar-refractivity contribution is 0.102. The van der Waals surface area contributed by atoms with Crippen molar-refractivity contribution in [3.05, 3.63) is 54.1 Å². The van der Waals surface area contributed by atoms with Gasteiger partial charge in [-0.3, -0.25) is 4.79 Å². The molecule has 0 unspecified atom stereocenters. The van der Waals surface area contributed by atoms with Crippen molar-refractivity contribution in [2.45, 2.75) is 18.7 Å². The third kappa shape index (κ3) is 5.09. The Bertz CT molecular complexity index is 811. The summed E-state index contributed by atoms with van der Waals surface area (Å²) in [4.78, 5) is 12.5. The van der Waals surface area contributed by atoms with Gasteiger partial charge in [0, 0.05) is 17.5 Å². The van der Waals surface area contributed by atoms with Crippen LogP contribution >= 0.6 is 0 Å². The Balaban J connectivity index is 2.08. The second-order valence-electron chi connectivity index (χ2n) is 5.98. The van der Waals surface area contributed by atoms with Crippen molar-refractivity contribution < 1.29 is 17.9 Å². The predicted octanol–water partition coefficient (Wildman–Crippen LogP) is 3.38. The molecule has 2 aromatic rings. The monoisotopic (exact) mass is 347 g/mol. The molecule has 0 bridgehead atoms. The molecule has 0 saturated heterocycles. The number of amides is 1. The number of sulfone groups is 1. The van der Waals surface area contributed by atoms with E-state index in [-0.39, 0.29) is 10.8 Å². The maximum absolute atomic E-state index is 12.3. The standard InChI is InChI=1S/C18H21NO4S/c1-13(2)12-23-16-6-4-5-14(11-16)18(20)19-15-7-9-17(10-8-15)24(3,21)22/h4-11,13H,12H2,1-3H3,(H,19,20). The quantitative estimate of drug-likeness (QED) is 0.869. The summed E-state index contributed by atoms with van der Waals surface area (Å²) in [5.74, 6) is 0.761. The molecule has 0 atom stereocenters. The molecule has 6 heteroatoms. The Morgan fingerprint density at radius 2 is 1.79 bits per heavy atom. The lowest BCUT2D eigenvalue weighted by atomic mass is 10.2. The molecule has 0 fully saturated rings. The minimum Gasteiger partial charge on any atom is -0.493 e. The van der Waals surface area contributed by atoms with E-state index in [4.69, 9.17) is 4.74 Å². The molecule has 0 aliphatic rings. The summed E-state index contributed by atoms with van der Waals surface area (Å²) in [7, 11) is -3.25. The molecule has 0 spiro atoms. The minimum absolute atomic E-state index is 0.213. The molecular formula is C18H21NO4S. The number of rotatable bonds is 6. The van der Waals surface area contributed by atoms with Crippen LogP contribution in [0.15, 0.2) is 53.4 Å². The van der Waals surface area contributed by atoms with Gasteiger partial charge in [-0.2, -0.15) is 0 Å². The van der Waals surface area contributed by atoms with E-state index in [1.807, 2.05) is 0 Å². The number of nitrogens with one attached hydrogen (secondary N) is 1. The van der Waals surface area contributed by atoms with Gasteiger partial charge in [-0.05, 0) is 48.4 Å². The van der Waals surface area contributed by atoms with Crippen molar-refractivity contribution in [1.82, 2.24) is 0 Å². The lowest BCUT2D eigenvalue weighted by Gasteiger charge is -2.10. The minimum atomic E-state index is -3.25. The maximum atomic E-state index is 12.3. The number of carbonyl (C=O) groups is 1. The highest BCUT2D eigenvalue weighted by atomic mass is 32.2. The van der Waals surface area contributed by atoms with E-state index in [1.165, 1.54) is 12.1 Å². The molecule has 1 amide bonds. The lowest BCUT2D eigenvalue weighted by Crippen LogP contribution is -2.12. The van der Waals surface area contributed by atoms with E-state index in [0.717, 1.165) is 6.26 Å². The summed E-state index contributed by atoms with van der Waals surface area (Å²) in [6, 6.07) is 13.0. The second kappa shape index (κ2) is 7.49. The van der Waals surface area contributed by atoms with E-state index in [1.54, 1.807) is 36.4 Å². The van der Waals surface area contributed by atoms with Gasteiger partial charge in [-0.15, -0.1) is 0 Å². The molecule has 1 N–H and O–H groups in total. The summed E-state index contributed by atoms with van der Waals surface area (Å²) in [6.45, 7) is 4.69. The summed E-state index contributed by atoms with van der Waals surface area (Å²) in [5.41, 5.74) is 1.00. The van der Waals surface area contributed by atoms with E-state index in [2.05, 4.69) is 19.2 Å². The highest BCUT2D eigenvalue weighted by Gasteiger charge is 2.10. The van der Waals surface area contributed by atoms with Gasteiger partial charge >= 0.3 is 0 Å². The first kappa shape index (κ1) is 18.0. The molecule has 2 rings (SSSR count). The van der Waals surface area contributed by atoms with Gasteiger partial charge in [0.2, 0.25) is 0 Å². The van der Waals surface area contributed by atoms with E-state index in [0.29, 0.717) is 29.5 Å². The molecule has 0 aliphatic carbocycles.